The van der Waals surface area contributed by atoms with Gasteiger partial charge in [0.2, 0.25) is 4.99 Å². The molecule has 1 atom stereocenters. The summed E-state index contributed by atoms with van der Waals surface area (Å²) in [4.78, 5) is 10.8. The monoisotopic (exact) mass is 236 g/mol. The minimum absolute atomic E-state index is 0.0302. The number of nitrogens with one attached hydrogen (secondary N) is 1. The lowest BCUT2D eigenvalue weighted by atomic mass is 9.89. The van der Waals surface area contributed by atoms with Crippen LogP contribution in [0.1, 0.15) is 20.8 Å². The lowest BCUT2D eigenvalue weighted by Crippen LogP contribution is -2.58. The van der Waals surface area contributed by atoms with Crippen LogP contribution in [-0.4, -0.2) is 15.1 Å². The van der Waals surface area contributed by atoms with E-state index in [9.17, 15) is 4.79 Å². The second-order valence-corrected chi connectivity index (χ2v) is 6.95. The maximum Gasteiger partial charge on any atom is 0.206 e. The van der Waals surface area contributed by atoms with E-state index in [2.05, 4.69) is 5.32 Å². The molecule has 1 heterocycles. The van der Waals surface area contributed by atoms with Gasteiger partial charge in [0.15, 0.2) is 5.78 Å². The second kappa shape index (κ2) is 3.42. The van der Waals surface area contributed by atoms with Crippen molar-refractivity contribution < 1.29 is 4.79 Å². The SMILES string of the molecule is CC(C)(C)C(=O)C1(N)NC(=S)SS1. The first-order valence-corrected chi connectivity index (χ1v) is 6.33. The Bertz CT molecular complexity index is 261. The summed E-state index contributed by atoms with van der Waals surface area (Å²) in [6.07, 6.45) is 0. The fourth-order valence-electron chi connectivity index (χ4n) is 0.949. The average Bonchev–Trinajstić information content (AvgIpc) is 2.29. The zero-order chi connectivity index (χ0) is 10.3. The quantitative estimate of drug-likeness (QED) is 0.531. The molecule has 0 aromatic rings. The van der Waals surface area contributed by atoms with Gasteiger partial charge in [-0.05, 0) is 21.6 Å². The summed E-state index contributed by atoms with van der Waals surface area (Å²) in [5.74, 6) is -0.0302. The first kappa shape index (κ1) is 11.3. The molecule has 74 valence electrons. The molecule has 1 rings (SSSR count). The second-order valence-electron chi connectivity index (χ2n) is 3.89. The molecule has 0 radical (unpaired) electrons. The van der Waals surface area contributed by atoms with Gasteiger partial charge in [-0.2, -0.15) is 0 Å². The molecule has 3 nitrogen and oxygen atoms in total. The van der Waals surface area contributed by atoms with Gasteiger partial charge < -0.3 is 5.32 Å². The zero-order valence-corrected chi connectivity index (χ0v) is 10.2. The van der Waals surface area contributed by atoms with E-state index in [1.165, 1.54) is 21.6 Å². The third-order valence-electron chi connectivity index (χ3n) is 1.56. The molecule has 1 aliphatic rings. The van der Waals surface area contributed by atoms with Crippen molar-refractivity contribution in [2.24, 2.45) is 11.1 Å². The van der Waals surface area contributed by atoms with Crippen LogP contribution >= 0.6 is 33.8 Å². The van der Waals surface area contributed by atoms with Crippen LogP contribution < -0.4 is 11.1 Å². The predicted octanol–water partition coefficient (Wildman–Crippen LogP) is 1.48. The maximum absolute atomic E-state index is 11.9. The van der Waals surface area contributed by atoms with E-state index >= 15 is 0 Å². The summed E-state index contributed by atoms with van der Waals surface area (Å²) < 4.78 is 0.574. The van der Waals surface area contributed by atoms with Gasteiger partial charge in [0.25, 0.3) is 0 Å². The molecule has 13 heavy (non-hydrogen) atoms. The van der Waals surface area contributed by atoms with Crippen LogP contribution in [0.2, 0.25) is 0 Å². The predicted molar refractivity (Wildman–Crippen MR) is 62.3 cm³/mol. The van der Waals surface area contributed by atoms with Crippen LogP contribution in [-0.2, 0) is 4.79 Å². The van der Waals surface area contributed by atoms with E-state index in [1.54, 1.807) is 0 Å². The van der Waals surface area contributed by atoms with Gasteiger partial charge in [-0.3, -0.25) is 10.5 Å². The van der Waals surface area contributed by atoms with E-state index in [4.69, 9.17) is 18.0 Å². The van der Waals surface area contributed by atoms with Crippen LogP contribution in [0, 0.1) is 5.41 Å². The normalized spacial score (nSPS) is 28.8. The summed E-state index contributed by atoms with van der Waals surface area (Å²) in [5.41, 5.74) is 5.42. The van der Waals surface area contributed by atoms with Crippen molar-refractivity contribution in [1.29, 1.82) is 0 Å². The van der Waals surface area contributed by atoms with Crippen molar-refractivity contribution in [2.45, 2.75) is 25.8 Å². The molecular weight excluding hydrogens is 224 g/mol. The standard InChI is InChI=1S/C7H12N2OS3/c1-6(2,3)4(10)7(8)9-5(11)12-13-7/h8H2,1-3H3,(H,9,11). The van der Waals surface area contributed by atoms with Crippen molar-refractivity contribution in [3.05, 3.63) is 0 Å². The van der Waals surface area contributed by atoms with Gasteiger partial charge in [0.1, 0.15) is 4.32 Å². The average molecular weight is 236 g/mol. The lowest BCUT2D eigenvalue weighted by Gasteiger charge is -2.28. The minimum Gasteiger partial charge on any atom is -0.337 e. The number of ketones is 1. The maximum atomic E-state index is 11.9. The molecule has 1 aliphatic heterocycles. The summed E-state index contributed by atoms with van der Waals surface area (Å²) in [7, 11) is 2.62. The van der Waals surface area contributed by atoms with E-state index in [-0.39, 0.29) is 5.78 Å². The Balaban J connectivity index is 2.83. The number of thiocarbonyl (C=S) groups is 1. The van der Waals surface area contributed by atoms with Crippen molar-refractivity contribution in [3.63, 3.8) is 0 Å². The molecule has 3 N–H and O–H groups in total. The van der Waals surface area contributed by atoms with Crippen LogP contribution in [0.3, 0.4) is 0 Å². The highest BCUT2D eigenvalue weighted by molar-refractivity contribution is 8.85. The molecule has 0 bridgehead atoms. The third-order valence-corrected chi connectivity index (χ3v) is 4.65. The van der Waals surface area contributed by atoms with Crippen LogP contribution in [0.25, 0.3) is 0 Å². The molecule has 0 aromatic carbocycles. The highest BCUT2D eigenvalue weighted by Gasteiger charge is 2.46. The Morgan fingerprint density at radius 1 is 1.62 bits per heavy atom. The molecule has 1 fully saturated rings. The van der Waals surface area contributed by atoms with Gasteiger partial charge in [-0.15, -0.1) is 0 Å². The number of rotatable bonds is 1. The summed E-state index contributed by atoms with van der Waals surface area (Å²) >= 11 is 4.91. The molecule has 6 heteroatoms. The fourth-order valence-corrected chi connectivity index (χ4v) is 3.58. The van der Waals surface area contributed by atoms with Crippen LogP contribution in [0.5, 0.6) is 0 Å². The van der Waals surface area contributed by atoms with Crippen molar-refractivity contribution in [2.75, 3.05) is 0 Å². The lowest BCUT2D eigenvalue weighted by molar-refractivity contribution is -0.129. The molecule has 1 unspecified atom stereocenters. The molecule has 0 aliphatic carbocycles. The Hall–Kier alpha value is 0.220. The zero-order valence-electron chi connectivity index (χ0n) is 7.71. The van der Waals surface area contributed by atoms with E-state index in [1.807, 2.05) is 20.8 Å². The molecule has 1 saturated heterocycles. The Morgan fingerprint density at radius 2 is 2.15 bits per heavy atom. The Morgan fingerprint density at radius 3 is 2.46 bits per heavy atom. The Labute approximate surface area is 91.0 Å². The van der Waals surface area contributed by atoms with E-state index in [0.717, 1.165) is 0 Å². The third kappa shape index (κ3) is 2.37. The van der Waals surface area contributed by atoms with Gasteiger partial charge >= 0.3 is 0 Å². The molecule has 0 amide bonds. The number of carbonyl (C=O) groups excluding carboxylic acids is 1. The minimum atomic E-state index is -1.04. The highest BCUT2D eigenvalue weighted by Crippen LogP contribution is 2.41. The van der Waals surface area contributed by atoms with Gasteiger partial charge in [-0.1, -0.05) is 33.0 Å². The van der Waals surface area contributed by atoms with Crippen LogP contribution in [0.4, 0.5) is 0 Å². The smallest absolute Gasteiger partial charge is 0.206 e. The van der Waals surface area contributed by atoms with E-state index in [0.29, 0.717) is 4.32 Å². The van der Waals surface area contributed by atoms with Gasteiger partial charge in [0.05, 0.1) is 0 Å². The largest absolute Gasteiger partial charge is 0.337 e. The summed E-state index contributed by atoms with van der Waals surface area (Å²) in [6.45, 7) is 5.54. The molecule has 0 spiro atoms. The van der Waals surface area contributed by atoms with Gasteiger partial charge in [-0.25, -0.2) is 0 Å². The molecule has 0 saturated carbocycles. The molecular formula is C7H12N2OS3. The van der Waals surface area contributed by atoms with Crippen molar-refractivity contribution >= 4 is 43.9 Å². The number of nitrogens with two attached hydrogens (primary N) is 1. The highest BCUT2D eigenvalue weighted by atomic mass is 33.1. The number of Topliss-reactive ketones (excluding diaryl/α,β-unsaturated/α-hetero) is 1. The fraction of sp³-hybridized carbons (Fsp3) is 0.714. The van der Waals surface area contributed by atoms with E-state index < -0.39 is 10.4 Å². The summed E-state index contributed by atoms with van der Waals surface area (Å²) in [5, 5.41) is 2.82. The summed E-state index contributed by atoms with van der Waals surface area (Å²) in [6, 6.07) is 0. The molecule has 0 aromatic heterocycles. The number of hydrogen-bond acceptors (Lipinski definition) is 5. The van der Waals surface area contributed by atoms with Crippen LogP contribution in [0.15, 0.2) is 0 Å². The topological polar surface area (TPSA) is 55.1 Å². The van der Waals surface area contributed by atoms with Crippen molar-refractivity contribution in [1.82, 2.24) is 5.32 Å². The number of carbonyl (C=O) groups is 1. The first-order chi connectivity index (χ1) is 5.76. The number of hydrogen-bond donors (Lipinski definition) is 2. The first-order valence-electron chi connectivity index (χ1n) is 3.77. The van der Waals surface area contributed by atoms with Gasteiger partial charge in [0, 0.05) is 5.41 Å². The van der Waals surface area contributed by atoms with Crippen molar-refractivity contribution in [3.8, 4) is 0 Å². The Kier molecular flexibility index (Phi) is 2.97.